The second kappa shape index (κ2) is 8.99. The number of phenols is 1. The Morgan fingerprint density at radius 3 is 2.88 bits per heavy atom. The summed E-state index contributed by atoms with van der Waals surface area (Å²) in [5.41, 5.74) is 2.61. The van der Waals surface area contributed by atoms with Crippen molar-refractivity contribution in [1.29, 1.82) is 5.26 Å². The van der Waals surface area contributed by atoms with Gasteiger partial charge in [0.1, 0.15) is 17.6 Å². The zero-order valence-electron chi connectivity index (χ0n) is 18.5. The van der Waals surface area contributed by atoms with Gasteiger partial charge >= 0.3 is 0 Å². The molecule has 3 aromatic carbocycles. The van der Waals surface area contributed by atoms with Gasteiger partial charge in [0.2, 0.25) is 5.91 Å². The van der Waals surface area contributed by atoms with Crippen molar-refractivity contribution in [2.24, 2.45) is 0 Å². The molecule has 1 atom stereocenters. The fraction of sp³-hybridized carbons (Fsp3) is 0.222. The molecule has 1 saturated heterocycles. The maximum absolute atomic E-state index is 14.0. The van der Waals surface area contributed by atoms with Crippen molar-refractivity contribution < 1.29 is 14.3 Å². The Kier molecular flexibility index (Phi) is 5.72. The van der Waals surface area contributed by atoms with Gasteiger partial charge in [0.05, 0.1) is 17.6 Å². The first-order valence-electron chi connectivity index (χ1n) is 11.2. The molecule has 0 bridgehead atoms. The highest BCUT2D eigenvalue weighted by Gasteiger charge is 2.33. The van der Waals surface area contributed by atoms with E-state index in [-0.39, 0.29) is 23.3 Å². The Balaban J connectivity index is 1.35. The summed E-state index contributed by atoms with van der Waals surface area (Å²) in [5.74, 6) is -0.267. The van der Waals surface area contributed by atoms with Crippen LogP contribution in [0.5, 0.6) is 5.75 Å². The second-order valence-electron chi connectivity index (χ2n) is 8.62. The Morgan fingerprint density at radius 1 is 1.18 bits per heavy atom. The van der Waals surface area contributed by atoms with Crippen LogP contribution in [0.15, 0.2) is 67.1 Å². The minimum Gasteiger partial charge on any atom is -0.508 e. The number of phenolic OH excluding ortho intramolecular Hbond substituents is 1. The fourth-order valence-corrected chi connectivity index (χ4v) is 4.76. The van der Waals surface area contributed by atoms with Crippen molar-refractivity contribution in [3.05, 3.63) is 89.8 Å². The van der Waals surface area contributed by atoms with Crippen LogP contribution >= 0.6 is 0 Å². The van der Waals surface area contributed by atoms with E-state index in [4.69, 9.17) is 5.26 Å². The van der Waals surface area contributed by atoms with Gasteiger partial charge in [-0.3, -0.25) is 4.79 Å². The molecule has 1 aromatic heterocycles. The van der Waals surface area contributed by atoms with Crippen molar-refractivity contribution in [1.82, 2.24) is 9.55 Å². The zero-order valence-corrected chi connectivity index (χ0v) is 18.5. The summed E-state index contributed by atoms with van der Waals surface area (Å²) < 4.78 is 16.0. The Morgan fingerprint density at radius 2 is 2.06 bits per heavy atom. The van der Waals surface area contributed by atoms with Crippen molar-refractivity contribution in [2.45, 2.75) is 38.3 Å². The normalized spacial score (nSPS) is 15.7. The number of hydrogen-bond acceptors (Lipinski definition) is 4. The van der Waals surface area contributed by atoms with E-state index >= 15 is 0 Å². The predicted molar refractivity (Wildman–Crippen MR) is 127 cm³/mol. The van der Waals surface area contributed by atoms with Gasteiger partial charge in [0, 0.05) is 36.3 Å². The minimum atomic E-state index is -0.525. The number of fused-ring (bicyclic) bond motifs is 1. The average molecular weight is 455 g/mol. The van der Waals surface area contributed by atoms with E-state index < -0.39 is 5.82 Å². The summed E-state index contributed by atoms with van der Waals surface area (Å²) in [4.78, 5) is 19.0. The van der Waals surface area contributed by atoms with Gasteiger partial charge in [0.25, 0.3) is 0 Å². The number of nitriles is 1. The van der Waals surface area contributed by atoms with E-state index in [1.807, 2.05) is 39.8 Å². The van der Waals surface area contributed by atoms with Gasteiger partial charge in [-0.15, -0.1) is 0 Å². The molecule has 6 nitrogen and oxygen atoms in total. The maximum Gasteiger partial charge on any atom is 0.227 e. The molecular formula is C27H23FN4O2. The van der Waals surface area contributed by atoms with E-state index in [0.29, 0.717) is 19.4 Å². The number of anilines is 1. The molecule has 1 fully saturated rings. The van der Waals surface area contributed by atoms with Crippen LogP contribution in [0, 0.1) is 17.1 Å². The van der Waals surface area contributed by atoms with Gasteiger partial charge in [0.15, 0.2) is 0 Å². The lowest BCUT2D eigenvalue weighted by Gasteiger charge is -2.26. The van der Waals surface area contributed by atoms with Crippen LogP contribution in [-0.2, 0) is 17.8 Å². The van der Waals surface area contributed by atoms with Gasteiger partial charge in [-0.25, -0.2) is 9.37 Å². The highest BCUT2D eigenvalue weighted by atomic mass is 19.1. The second-order valence-corrected chi connectivity index (χ2v) is 8.62. The molecule has 1 amide bonds. The van der Waals surface area contributed by atoms with E-state index in [0.717, 1.165) is 40.6 Å². The third-order valence-corrected chi connectivity index (χ3v) is 6.47. The smallest absolute Gasteiger partial charge is 0.227 e. The molecule has 5 rings (SSSR count). The molecule has 0 saturated carbocycles. The van der Waals surface area contributed by atoms with Crippen molar-refractivity contribution >= 4 is 22.4 Å². The first kappa shape index (κ1) is 21.7. The molecule has 7 heteroatoms. The molecule has 0 spiro atoms. The van der Waals surface area contributed by atoms with Crippen molar-refractivity contribution in [3.63, 3.8) is 0 Å². The Bertz CT molecular complexity index is 1420. The molecule has 170 valence electrons. The molecule has 1 aliphatic rings. The summed E-state index contributed by atoms with van der Waals surface area (Å²) in [6, 6.07) is 17.6. The predicted octanol–water partition coefficient (Wildman–Crippen LogP) is 4.93. The minimum absolute atomic E-state index is 0.0300. The number of amides is 1. The lowest BCUT2D eigenvalue weighted by molar-refractivity contribution is -0.117. The standard InChI is InChI=1S/C27H23FN4O2/c28-25-12-18(4-5-20(25)14-29)16-31-17-30-15-22(31)8-7-21-9-11-27(34)32(21)26-3-1-2-19-6-10-23(33)13-24(19)26/h1-6,10,12-13,15,17,21,33H,7-9,11,16H2. The van der Waals surface area contributed by atoms with E-state index in [2.05, 4.69) is 4.98 Å². The van der Waals surface area contributed by atoms with Crippen LogP contribution in [0.4, 0.5) is 10.1 Å². The third-order valence-electron chi connectivity index (χ3n) is 6.47. The van der Waals surface area contributed by atoms with E-state index in [1.54, 1.807) is 30.7 Å². The summed E-state index contributed by atoms with van der Waals surface area (Å²) in [7, 11) is 0. The van der Waals surface area contributed by atoms with Crippen LogP contribution in [-0.4, -0.2) is 26.6 Å². The highest BCUT2D eigenvalue weighted by molar-refractivity contribution is 6.05. The van der Waals surface area contributed by atoms with Crippen LogP contribution in [0.1, 0.15) is 36.1 Å². The average Bonchev–Trinajstić information content (AvgIpc) is 3.43. The number of imidazole rings is 1. The molecule has 2 heterocycles. The largest absolute Gasteiger partial charge is 0.508 e. The quantitative estimate of drug-likeness (QED) is 0.448. The number of rotatable bonds is 6. The number of aromatic hydroxyl groups is 1. The van der Waals surface area contributed by atoms with Crippen molar-refractivity contribution in [3.8, 4) is 11.8 Å². The number of benzene rings is 3. The van der Waals surface area contributed by atoms with E-state index in [1.165, 1.54) is 12.1 Å². The molecule has 0 aliphatic carbocycles. The first-order valence-corrected chi connectivity index (χ1v) is 11.2. The van der Waals surface area contributed by atoms with Gasteiger partial charge < -0.3 is 14.6 Å². The number of hydrogen-bond donors (Lipinski definition) is 1. The molecule has 1 unspecified atom stereocenters. The summed E-state index contributed by atoms with van der Waals surface area (Å²) >= 11 is 0. The van der Waals surface area contributed by atoms with Crippen LogP contribution in [0.25, 0.3) is 10.8 Å². The van der Waals surface area contributed by atoms with Gasteiger partial charge in [-0.1, -0.05) is 24.3 Å². The van der Waals surface area contributed by atoms with E-state index in [9.17, 15) is 14.3 Å². The summed E-state index contributed by atoms with van der Waals surface area (Å²) in [5, 5.41) is 20.8. The van der Waals surface area contributed by atoms with Gasteiger partial charge in [-0.2, -0.15) is 5.26 Å². The number of aryl methyl sites for hydroxylation is 1. The van der Waals surface area contributed by atoms with Crippen LogP contribution < -0.4 is 4.90 Å². The number of carbonyl (C=O) groups is 1. The lowest BCUT2D eigenvalue weighted by Crippen LogP contribution is -2.33. The molecule has 4 aromatic rings. The first-order chi connectivity index (χ1) is 16.5. The SMILES string of the molecule is N#Cc1ccc(Cn2cncc2CCC2CCC(=O)N2c2cccc3ccc(O)cc23)cc1F. The molecule has 0 radical (unpaired) electrons. The third kappa shape index (κ3) is 4.11. The number of carbonyl (C=O) groups excluding carboxylic acids is 1. The Labute approximate surface area is 196 Å². The van der Waals surface area contributed by atoms with Crippen LogP contribution in [0.3, 0.4) is 0 Å². The molecule has 1 aliphatic heterocycles. The van der Waals surface area contributed by atoms with Crippen molar-refractivity contribution in [2.75, 3.05) is 4.90 Å². The zero-order chi connectivity index (χ0) is 23.7. The topological polar surface area (TPSA) is 82.2 Å². The summed E-state index contributed by atoms with van der Waals surface area (Å²) in [6.07, 6.45) is 6.25. The molecule has 1 N–H and O–H groups in total. The monoisotopic (exact) mass is 454 g/mol. The highest BCUT2D eigenvalue weighted by Crippen LogP contribution is 2.36. The fourth-order valence-electron chi connectivity index (χ4n) is 4.76. The lowest BCUT2D eigenvalue weighted by atomic mass is 10.0. The number of aromatic nitrogens is 2. The molecule has 34 heavy (non-hydrogen) atoms. The van der Waals surface area contributed by atoms with Gasteiger partial charge in [-0.05, 0) is 60.5 Å². The molecular weight excluding hydrogens is 431 g/mol. The maximum atomic E-state index is 14.0. The summed E-state index contributed by atoms with van der Waals surface area (Å²) in [6.45, 7) is 0.452. The van der Waals surface area contributed by atoms with Crippen LogP contribution in [0.2, 0.25) is 0 Å². The number of nitrogens with zero attached hydrogens (tertiary/aromatic N) is 4. The Hall–Kier alpha value is -4.18. The number of halogens is 1.